The lowest BCUT2D eigenvalue weighted by Gasteiger charge is -2.35. The molecule has 1 heterocycles. The van der Waals surface area contributed by atoms with Crippen LogP contribution in [0.3, 0.4) is 0 Å². The second-order valence-electron chi connectivity index (χ2n) is 4.41. The van der Waals surface area contributed by atoms with Gasteiger partial charge in [-0.2, -0.15) is 0 Å². The summed E-state index contributed by atoms with van der Waals surface area (Å²) >= 11 is 0. The molecule has 1 atom stereocenters. The number of hydrogen-bond donors (Lipinski definition) is 3. The van der Waals surface area contributed by atoms with Crippen LogP contribution in [0.25, 0.3) is 0 Å². The second kappa shape index (κ2) is 5.97. The molecule has 0 radical (unpaired) electrons. The largest absolute Gasteiger partial charge is 0.381 e. The molecule has 0 aromatic carbocycles. The summed E-state index contributed by atoms with van der Waals surface area (Å²) in [6.45, 7) is 3.01. The van der Waals surface area contributed by atoms with Gasteiger partial charge in [0, 0.05) is 26.8 Å². The lowest BCUT2D eigenvalue weighted by Crippen LogP contribution is -2.54. The third-order valence-corrected chi connectivity index (χ3v) is 3.31. The lowest BCUT2D eigenvalue weighted by atomic mass is 9.79. The van der Waals surface area contributed by atoms with Crippen LogP contribution in [-0.2, 0) is 14.3 Å². The smallest absolute Gasteiger partial charge is 0.242 e. The molecule has 1 fully saturated rings. The maximum Gasteiger partial charge on any atom is 0.242 e. The maximum atomic E-state index is 12.2. The molecule has 0 spiro atoms. The fourth-order valence-corrected chi connectivity index (χ4v) is 1.92. The Morgan fingerprint density at radius 3 is 2.47 bits per heavy atom. The third-order valence-electron chi connectivity index (χ3n) is 3.31. The summed E-state index contributed by atoms with van der Waals surface area (Å²) in [5.74, 6) is -0.364. The molecule has 0 aromatic rings. The Morgan fingerprint density at radius 2 is 2.00 bits per heavy atom. The van der Waals surface area contributed by atoms with Gasteiger partial charge in [0.05, 0.1) is 5.41 Å². The molecule has 1 aliphatic rings. The first-order valence-electron chi connectivity index (χ1n) is 5.86. The normalized spacial score (nSPS) is 20.4. The first kappa shape index (κ1) is 13.9. The Labute approximate surface area is 101 Å². The summed E-state index contributed by atoms with van der Waals surface area (Å²) in [4.78, 5) is 23.5. The Kier molecular flexibility index (Phi) is 4.89. The predicted octanol–water partition coefficient (Wildman–Crippen LogP) is -1.01. The van der Waals surface area contributed by atoms with E-state index in [0.29, 0.717) is 26.1 Å². The Bertz CT molecular complexity index is 288. The van der Waals surface area contributed by atoms with Gasteiger partial charge in [0.15, 0.2) is 0 Å². The average Bonchev–Trinajstić information content (AvgIpc) is 2.38. The van der Waals surface area contributed by atoms with E-state index in [-0.39, 0.29) is 18.4 Å². The van der Waals surface area contributed by atoms with E-state index in [2.05, 4.69) is 10.6 Å². The molecule has 0 aliphatic carbocycles. The van der Waals surface area contributed by atoms with Crippen molar-refractivity contribution in [2.24, 2.45) is 11.1 Å². The fourth-order valence-electron chi connectivity index (χ4n) is 1.92. The molecule has 98 valence electrons. The van der Waals surface area contributed by atoms with Gasteiger partial charge in [0.25, 0.3) is 0 Å². The molecular formula is C11H21N3O3. The molecule has 1 rings (SSSR count). The number of nitrogens with two attached hydrogens (primary N) is 1. The van der Waals surface area contributed by atoms with Crippen LogP contribution in [0.2, 0.25) is 0 Å². The summed E-state index contributed by atoms with van der Waals surface area (Å²) < 4.78 is 5.24. The summed E-state index contributed by atoms with van der Waals surface area (Å²) in [7, 11) is 1.54. The van der Waals surface area contributed by atoms with Gasteiger partial charge in [-0.25, -0.2) is 0 Å². The molecule has 1 aliphatic heterocycles. The zero-order valence-corrected chi connectivity index (χ0v) is 10.4. The zero-order chi connectivity index (χ0) is 12.9. The number of carbonyl (C=O) groups is 2. The van der Waals surface area contributed by atoms with Crippen LogP contribution in [0.5, 0.6) is 0 Å². The highest BCUT2D eigenvalue weighted by Crippen LogP contribution is 2.29. The van der Waals surface area contributed by atoms with Gasteiger partial charge in [-0.3, -0.25) is 9.59 Å². The number of rotatable bonds is 4. The van der Waals surface area contributed by atoms with Gasteiger partial charge in [0.1, 0.15) is 6.04 Å². The van der Waals surface area contributed by atoms with Crippen molar-refractivity contribution in [3.05, 3.63) is 0 Å². The monoisotopic (exact) mass is 243 g/mol. The number of ether oxygens (including phenoxy) is 1. The molecule has 1 unspecified atom stereocenters. The van der Waals surface area contributed by atoms with Crippen molar-refractivity contribution in [3.8, 4) is 0 Å². The molecule has 4 N–H and O–H groups in total. The van der Waals surface area contributed by atoms with Crippen molar-refractivity contribution in [3.63, 3.8) is 0 Å². The fraction of sp³-hybridized carbons (Fsp3) is 0.818. The van der Waals surface area contributed by atoms with E-state index in [4.69, 9.17) is 10.5 Å². The van der Waals surface area contributed by atoms with Gasteiger partial charge >= 0.3 is 0 Å². The minimum absolute atomic E-state index is 0.153. The number of hydrogen-bond acceptors (Lipinski definition) is 4. The third kappa shape index (κ3) is 3.17. The second-order valence-corrected chi connectivity index (χ2v) is 4.41. The van der Waals surface area contributed by atoms with Crippen LogP contribution in [0.4, 0.5) is 0 Å². The standard InChI is InChI=1S/C11H21N3O3/c1-8(9(15)13-2)14-10(16)11(7-12)3-5-17-6-4-11/h8H,3-7,12H2,1-2H3,(H,13,15)(H,14,16). The molecule has 0 bridgehead atoms. The molecule has 1 saturated heterocycles. The van der Waals surface area contributed by atoms with Gasteiger partial charge in [-0.15, -0.1) is 0 Å². The van der Waals surface area contributed by atoms with Crippen molar-refractivity contribution in [1.29, 1.82) is 0 Å². The maximum absolute atomic E-state index is 12.2. The van der Waals surface area contributed by atoms with Crippen LogP contribution in [0, 0.1) is 5.41 Å². The highest BCUT2D eigenvalue weighted by molar-refractivity contribution is 5.89. The van der Waals surface area contributed by atoms with E-state index >= 15 is 0 Å². The minimum Gasteiger partial charge on any atom is -0.381 e. The van der Waals surface area contributed by atoms with Gasteiger partial charge in [0.2, 0.25) is 11.8 Å². The van der Waals surface area contributed by atoms with Crippen LogP contribution in [0.1, 0.15) is 19.8 Å². The summed E-state index contributed by atoms with van der Waals surface area (Å²) in [6.07, 6.45) is 1.21. The molecule has 0 saturated carbocycles. The highest BCUT2D eigenvalue weighted by Gasteiger charge is 2.39. The number of nitrogens with one attached hydrogen (secondary N) is 2. The van der Waals surface area contributed by atoms with Crippen LogP contribution >= 0.6 is 0 Å². The van der Waals surface area contributed by atoms with Crippen molar-refractivity contribution >= 4 is 11.8 Å². The van der Waals surface area contributed by atoms with E-state index in [0.717, 1.165) is 0 Å². The van der Waals surface area contributed by atoms with Crippen molar-refractivity contribution < 1.29 is 14.3 Å². The molecule has 6 nitrogen and oxygen atoms in total. The Hall–Kier alpha value is -1.14. The molecule has 17 heavy (non-hydrogen) atoms. The zero-order valence-electron chi connectivity index (χ0n) is 10.4. The Morgan fingerprint density at radius 1 is 1.41 bits per heavy atom. The Balaban J connectivity index is 2.63. The van der Waals surface area contributed by atoms with Crippen LogP contribution in [0.15, 0.2) is 0 Å². The highest BCUT2D eigenvalue weighted by atomic mass is 16.5. The summed E-state index contributed by atoms with van der Waals surface area (Å²) in [6, 6.07) is -0.543. The van der Waals surface area contributed by atoms with Crippen molar-refractivity contribution in [2.45, 2.75) is 25.8 Å². The van der Waals surface area contributed by atoms with Gasteiger partial charge in [-0.1, -0.05) is 0 Å². The summed E-state index contributed by atoms with van der Waals surface area (Å²) in [5.41, 5.74) is 5.12. The first-order valence-corrected chi connectivity index (χ1v) is 5.86. The number of likely N-dealkylation sites (N-methyl/N-ethyl adjacent to an activating group) is 1. The van der Waals surface area contributed by atoms with E-state index in [1.807, 2.05) is 0 Å². The lowest BCUT2D eigenvalue weighted by molar-refractivity contribution is -0.139. The van der Waals surface area contributed by atoms with E-state index in [9.17, 15) is 9.59 Å². The van der Waals surface area contributed by atoms with Gasteiger partial charge < -0.3 is 21.1 Å². The predicted molar refractivity (Wildman–Crippen MR) is 63.2 cm³/mol. The topological polar surface area (TPSA) is 93.5 Å². The molecule has 2 amide bonds. The molecule has 6 heteroatoms. The van der Waals surface area contributed by atoms with Crippen molar-refractivity contribution in [2.75, 3.05) is 26.8 Å². The van der Waals surface area contributed by atoms with Crippen molar-refractivity contribution in [1.82, 2.24) is 10.6 Å². The van der Waals surface area contributed by atoms with E-state index in [1.165, 1.54) is 7.05 Å². The molecule has 0 aromatic heterocycles. The minimum atomic E-state index is -0.583. The van der Waals surface area contributed by atoms with Gasteiger partial charge in [-0.05, 0) is 19.8 Å². The number of amides is 2. The quantitative estimate of drug-likeness (QED) is 0.590. The first-order chi connectivity index (χ1) is 8.05. The molecular weight excluding hydrogens is 222 g/mol. The average molecular weight is 243 g/mol. The number of carbonyl (C=O) groups excluding carboxylic acids is 2. The van der Waals surface area contributed by atoms with Crippen LogP contribution in [-0.4, -0.2) is 44.7 Å². The summed E-state index contributed by atoms with van der Waals surface area (Å²) in [5, 5.41) is 5.20. The van der Waals surface area contributed by atoms with Crippen LogP contribution < -0.4 is 16.4 Å². The van der Waals surface area contributed by atoms with E-state index in [1.54, 1.807) is 6.92 Å². The SMILES string of the molecule is CNC(=O)C(C)NC(=O)C1(CN)CCOCC1. The van der Waals surface area contributed by atoms with E-state index < -0.39 is 11.5 Å².